The maximum atomic E-state index is 13.1. The average Bonchev–Trinajstić information content (AvgIpc) is 2.87. The topological polar surface area (TPSA) is 191 Å². The molecule has 4 unspecified atom stereocenters. The number of phenols is 2. The van der Waals surface area contributed by atoms with Crippen molar-refractivity contribution in [3.8, 4) is 11.5 Å². The summed E-state index contributed by atoms with van der Waals surface area (Å²) in [5, 5.41) is 36.0. The zero-order valence-electron chi connectivity index (χ0n) is 21.1. The number of thiol groups is 1. The summed E-state index contributed by atoms with van der Waals surface area (Å²) in [4.78, 5) is 50.4. The van der Waals surface area contributed by atoms with Crippen LogP contribution < -0.4 is 21.7 Å². The van der Waals surface area contributed by atoms with E-state index in [-0.39, 0.29) is 30.1 Å². The second-order valence-electron chi connectivity index (χ2n) is 9.22. The molecule has 0 fully saturated rings. The molecular weight excluding hydrogens is 512 g/mol. The standard InChI is InChI=1S/C26H34N4O7S/c1-14(2)22(26(36)37)30-24(34)20(12-16-5-9-18(32)10-6-16)28-25(35)21(13-38)29-23(33)19(27)11-15-3-7-17(31)8-4-15/h3-10,14,19-22,31-32,38H,11-13,27H2,1-2H3,(H,28,35)(H,29,33)(H,30,34)(H,36,37). The number of hydrogen-bond donors (Lipinski definition) is 8. The van der Waals surface area contributed by atoms with Gasteiger partial charge in [0.25, 0.3) is 0 Å². The predicted octanol–water partition coefficient (Wildman–Crippen LogP) is 0.335. The number of carboxylic acid groups (broad SMARTS) is 1. The summed E-state index contributed by atoms with van der Waals surface area (Å²) in [5.74, 6) is -3.68. The van der Waals surface area contributed by atoms with Crippen LogP contribution in [0.5, 0.6) is 11.5 Å². The molecule has 2 aromatic rings. The Balaban J connectivity index is 2.14. The zero-order chi connectivity index (χ0) is 28.4. The molecule has 0 aliphatic carbocycles. The molecule has 8 N–H and O–H groups in total. The van der Waals surface area contributed by atoms with Crippen LogP contribution in [0.15, 0.2) is 48.5 Å². The van der Waals surface area contributed by atoms with Crippen molar-refractivity contribution in [3.05, 3.63) is 59.7 Å². The van der Waals surface area contributed by atoms with Gasteiger partial charge in [-0.3, -0.25) is 14.4 Å². The summed E-state index contributed by atoms with van der Waals surface area (Å²) in [6, 6.07) is 7.68. The van der Waals surface area contributed by atoms with E-state index in [0.717, 1.165) is 0 Å². The van der Waals surface area contributed by atoms with Crippen LogP contribution in [0.2, 0.25) is 0 Å². The highest BCUT2D eigenvalue weighted by atomic mass is 32.1. The number of nitrogens with one attached hydrogen (secondary N) is 3. The molecule has 38 heavy (non-hydrogen) atoms. The number of carbonyl (C=O) groups excluding carboxylic acids is 3. The second-order valence-corrected chi connectivity index (χ2v) is 9.59. The van der Waals surface area contributed by atoms with E-state index in [4.69, 9.17) is 5.73 Å². The molecule has 206 valence electrons. The Labute approximate surface area is 226 Å². The van der Waals surface area contributed by atoms with Crippen molar-refractivity contribution in [1.82, 2.24) is 16.0 Å². The fourth-order valence-corrected chi connectivity index (χ4v) is 3.83. The third-order valence-corrected chi connectivity index (χ3v) is 6.15. The van der Waals surface area contributed by atoms with Crippen molar-refractivity contribution in [2.75, 3.05) is 5.75 Å². The number of benzene rings is 2. The highest BCUT2D eigenvalue weighted by Gasteiger charge is 2.31. The number of phenolic OH excluding ortho intramolecular Hbond substituents is 2. The summed E-state index contributed by atoms with van der Waals surface area (Å²) in [6.45, 7) is 3.28. The normalized spacial score (nSPS) is 14.1. The lowest BCUT2D eigenvalue weighted by Gasteiger charge is -2.25. The Bertz CT molecular complexity index is 1110. The quantitative estimate of drug-likeness (QED) is 0.165. The third kappa shape index (κ3) is 9.27. The van der Waals surface area contributed by atoms with Crippen LogP contribution >= 0.6 is 12.6 Å². The van der Waals surface area contributed by atoms with Gasteiger partial charge >= 0.3 is 5.97 Å². The smallest absolute Gasteiger partial charge is 0.326 e. The molecular formula is C26H34N4O7S. The first-order chi connectivity index (χ1) is 17.9. The van der Waals surface area contributed by atoms with Crippen molar-refractivity contribution < 1.29 is 34.5 Å². The van der Waals surface area contributed by atoms with E-state index in [1.165, 1.54) is 24.3 Å². The molecule has 0 spiro atoms. The van der Waals surface area contributed by atoms with Gasteiger partial charge in [-0.2, -0.15) is 12.6 Å². The van der Waals surface area contributed by atoms with Crippen molar-refractivity contribution in [2.45, 2.75) is 50.9 Å². The molecule has 2 aromatic carbocycles. The number of nitrogens with two attached hydrogens (primary N) is 1. The van der Waals surface area contributed by atoms with Gasteiger partial charge in [0.05, 0.1) is 6.04 Å². The number of aromatic hydroxyl groups is 2. The number of amides is 3. The summed E-state index contributed by atoms with van der Waals surface area (Å²) in [6.07, 6.45) is 0.153. The number of rotatable bonds is 13. The molecule has 0 heterocycles. The number of carboxylic acids is 1. The van der Waals surface area contributed by atoms with Gasteiger partial charge in [0.15, 0.2) is 0 Å². The van der Waals surface area contributed by atoms with E-state index in [2.05, 4.69) is 28.6 Å². The molecule has 12 heteroatoms. The molecule has 0 aliphatic heterocycles. The van der Waals surface area contributed by atoms with E-state index >= 15 is 0 Å². The van der Waals surface area contributed by atoms with Crippen LogP contribution in [0.3, 0.4) is 0 Å². The largest absolute Gasteiger partial charge is 0.508 e. The highest BCUT2D eigenvalue weighted by Crippen LogP contribution is 2.13. The summed E-state index contributed by atoms with van der Waals surface area (Å²) < 4.78 is 0. The van der Waals surface area contributed by atoms with E-state index in [9.17, 15) is 34.5 Å². The molecule has 0 saturated carbocycles. The van der Waals surface area contributed by atoms with Gasteiger partial charge in [-0.15, -0.1) is 0 Å². The maximum absolute atomic E-state index is 13.1. The fourth-order valence-electron chi connectivity index (χ4n) is 3.57. The summed E-state index contributed by atoms with van der Waals surface area (Å²) >= 11 is 4.15. The Morgan fingerprint density at radius 2 is 1.21 bits per heavy atom. The highest BCUT2D eigenvalue weighted by molar-refractivity contribution is 7.80. The zero-order valence-corrected chi connectivity index (χ0v) is 22.0. The van der Waals surface area contributed by atoms with Crippen LogP contribution in [0.4, 0.5) is 0 Å². The third-order valence-electron chi connectivity index (χ3n) is 5.78. The molecule has 0 saturated heterocycles. The van der Waals surface area contributed by atoms with Gasteiger partial charge < -0.3 is 37.0 Å². The van der Waals surface area contributed by atoms with Crippen molar-refractivity contribution in [3.63, 3.8) is 0 Å². The van der Waals surface area contributed by atoms with Gasteiger partial charge in [0.1, 0.15) is 29.6 Å². The minimum absolute atomic E-state index is 0.00408. The average molecular weight is 547 g/mol. The first kappa shape index (κ1) is 30.5. The SMILES string of the molecule is CC(C)C(NC(=O)C(Cc1ccc(O)cc1)NC(=O)C(CS)NC(=O)C(N)Cc1ccc(O)cc1)C(=O)O. The molecule has 4 atom stereocenters. The van der Waals surface area contributed by atoms with Gasteiger partial charge in [-0.25, -0.2) is 4.79 Å². The Kier molecular flexibility index (Phi) is 11.4. The van der Waals surface area contributed by atoms with Crippen LogP contribution in [-0.4, -0.2) is 68.9 Å². The summed E-state index contributed by atoms with van der Waals surface area (Å²) in [5.41, 5.74) is 7.30. The predicted molar refractivity (Wildman–Crippen MR) is 144 cm³/mol. The van der Waals surface area contributed by atoms with Crippen molar-refractivity contribution in [2.24, 2.45) is 11.7 Å². The van der Waals surface area contributed by atoms with Crippen molar-refractivity contribution in [1.29, 1.82) is 0 Å². The Morgan fingerprint density at radius 3 is 1.66 bits per heavy atom. The van der Waals surface area contributed by atoms with Crippen molar-refractivity contribution >= 4 is 36.3 Å². The van der Waals surface area contributed by atoms with Crippen LogP contribution in [-0.2, 0) is 32.0 Å². The van der Waals surface area contributed by atoms with Gasteiger partial charge in [0.2, 0.25) is 17.7 Å². The van der Waals surface area contributed by atoms with Gasteiger partial charge in [-0.1, -0.05) is 38.1 Å². The molecule has 0 radical (unpaired) electrons. The lowest BCUT2D eigenvalue weighted by atomic mass is 10.0. The number of aliphatic carboxylic acids is 1. The Morgan fingerprint density at radius 1 is 0.763 bits per heavy atom. The lowest BCUT2D eigenvalue weighted by Crippen LogP contribution is -2.58. The van der Waals surface area contributed by atoms with E-state index in [0.29, 0.717) is 11.1 Å². The summed E-state index contributed by atoms with van der Waals surface area (Å²) in [7, 11) is 0. The second kappa shape index (κ2) is 14.2. The van der Waals surface area contributed by atoms with E-state index in [1.807, 2.05) is 0 Å². The molecule has 11 nitrogen and oxygen atoms in total. The molecule has 0 bridgehead atoms. The lowest BCUT2D eigenvalue weighted by molar-refractivity contribution is -0.143. The maximum Gasteiger partial charge on any atom is 0.326 e. The monoisotopic (exact) mass is 546 g/mol. The van der Waals surface area contributed by atoms with Crippen LogP contribution in [0.1, 0.15) is 25.0 Å². The first-order valence-electron chi connectivity index (χ1n) is 12.0. The van der Waals surface area contributed by atoms with E-state index < -0.39 is 53.8 Å². The number of carbonyl (C=O) groups is 4. The van der Waals surface area contributed by atoms with Gasteiger partial charge in [-0.05, 0) is 47.7 Å². The molecule has 3 amide bonds. The minimum Gasteiger partial charge on any atom is -0.508 e. The molecule has 0 aromatic heterocycles. The first-order valence-corrected chi connectivity index (χ1v) is 12.6. The van der Waals surface area contributed by atoms with Crippen LogP contribution in [0, 0.1) is 5.92 Å². The molecule has 2 rings (SSSR count). The fraction of sp³-hybridized carbons (Fsp3) is 0.385. The van der Waals surface area contributed by atoms with E-state index in [1.54, 1.807) is 38.1 Å². The van der Waals surface area contributed by atoms with Gasteiger partial charge in [0, 0.05) is 12.2 Å². The van der Waals surface area contributed by atoms with Crippen LogP contribution in [0.25, 0.3) is 0 Å². The minimum atomic E-state index is -1.22. The number of hydrogen-bond acceptors (Lipinski definition) is 8. The Hall–Kier alpha value is -3.77. The molecule has 0 aliphatic rings.